The zero-order valence-corrected chi connectivity index (χ0v) is 18.7. The van der Waals surface area contributed by atoms with E-state index in [1.165, 1.54) is 17.3 Å². The first-order valence-corrected chi connectivity index (χ1v) is 11.6. The summed E-state index contributed by atoms with van der Waals surface area (Å²) in [7, 11) is -3.75. The lowest BCUT2D eigenvalue weighted by Gasteiger charge is -2.27. The van der Waals surface area contributed by atoms with E-state index in [-0.39, 0.29) is 29.5 Å². The summed E-state index contributed by atoms with van der Waals surface area (Å²) < 4.78 is 33.1. The second kappa shape index (κ2) is 9.59. The molecule has 9 heteroatoms. The number of nitrogens with zero attached hydrogens (tertiary/aromatic N) is 1. The third-order valence-corrected chi connectivity index (χ3v) is 7.01. The molecular weight excluding hydrogens is 418 g/mol. The molecule has 0 bridgehead atoms. The molecule has 31 heavy (non-hydrogen) atoms. The number of sulfonamides is 1. The van der Waals surface area contributed by atoms with Crippen LogP contribution in [0.2, 0.25) is 0 Å². The molecule has 2 N–H and O–H groups in total. The lowest BCUT2D eigenvalue weighted by atomic mass is 10.1. The molecule has 2 aromatic rings. The Morgan fingerprint density at radius 1 is 1.03 bits per heavy atom. The zero-order valence-electron chi connectivity index (χ0n) is 17.9. The maximum Gasteiger partial charge on any atom is 0.255 e. The van der Waals surface area contributed by atoms with Crippen molar-refractivity contribution in [3.05, 3.63) is 53.1 Å². The third-order valence-electron chi connectivity index (χ3n) is 5.03. The number of ether oxygens (including phenoxy) is 1. The number of rotatable bonds is 6. The van der Waals surface area contributed by atoms with Gasteiger partial charge in [-0.15, -0.1) is 0 Å². The second-order valence-electron chi connectivity index (χ2n) is 7.38. The average Bonchev–Trinajstić information content (AvgIpc) is 2.75. The lowest BCUT2D eigenvalue weighted by Crippen LogP contribution is -2.41. The molecule has 2 aromatic carbocycles. The Hall–Kier alpha value is -2.75. The van der Waals surface area contributed by atoms with Crippen molar-refractivity contribution in [3.63, 3.8) is 0 Å². The van der Waals surface area contributed by atoms with Crippen molar-refractivity contribution in [2.75, 3.05) is 36.9 Å². The SMILES string of the molecule is CCc1ccc(C(=O)Nc2cc(C)ccc2NC(C)=O)cc1S(=O)(=O)N1CCOCC1. The van der Waals surface area contributed by atoms with Gasteiger partial charge in [-0.05, 0) is 48.7 Å². The van der Waals surface area contributed by atoms with Crippen molar-refractivity contribution in [2.45, 2.75) is 32.1 Å². The van der Waals surface area contributed by atoms with Crippen LogP contribution in [0, 0.1) is 6.92 Å². The predicted molar refractivity (Wildman–Crippen MR) is 119 cm³/mol. The van der Waals surface area contributed by atoms with Gasteiger partial charge in [0.2, 0.25) is 15.9 Å². The summed E-state index contributed by atoms with van der Waals surface area (Å²) in [6.07, 6.45) is 0.519. The van der Waals surface area contributed by atoms with Gasteiger partial charge in [0.1, 0.15) is 0 Å². The van der Waals surface area contributed by atoms with E-state index in [4.69, 9.17) is 4.74 Å². The number of carbonyl (C=O) groups excluding carboxylic acids is 2. The molecule has 0 spiro atoms. The van der Waals surface area contributed by atoms with E-state index >= 15 is 0 Å². The molecule has 166 valence electrons. The smallest absolute Gasteiger partial charge is 0.255 e. The van der Waals surface area contributed by atoms with Gasteiger partial charge in [0.05, 0.1) is 29.5 Å². The lowest BCUT2D eigenvalue weighted by molar-refractivity contribution is -0.114. The van der Waals surface area contributed by atoms with Crippen LogP contribution in [0.1, 0.15) is 35.3 Å². The van der Waals surface area contributed by atoms with Gasteiger partial charge < -0.3 is 15.4 Å². The van der Waals surface area contributed by atoms with Crippen LogP contribution < -0.4 is 10.6 Å². The number of hydrogen-bond acceptors (Lipinski definition) is 5. The minimum atomic E-state index is -3.75. The standard InChI is InChI=1S/C22H27N3O5S/c1-4-17-6-7-18(14-21(17)31(28,29)25-9-11-30-12-10-25)22(27)24-20-13-15(2)5-8-19(20)23-16(3)26/h5-8,13-14H,4,9-12H2,1-3H3,(H,23,26)(H,24,27). The summed E-state index contributed by atoms with van der Waals surface area (Å²) in [6, 6.07) is 9.99. The molecule has 1 fully saturated rings. The van der Waals surface area contributed by atoms with Crippen molar-refractivity contribution < 1.29 is 22.7 Å². The summed E-state index contributed by atoms with van der Waals surface area (Å²) in [6.45, 7) is 6.39. The molecule has 8 nitrogen and oxygen atoms in total. The number of morpholine rings is 1. The van der Waals surface area contributed by atoms with E-state index < -0.39 is 15.9 Å². The normalized spacial score (nSPS) is 14.8. The molecule has 0 radical (unpaired) electrons. The van der Waals surface area contributed by atoms with Crippen LogP contribution in [0.5, 0.6) is 0 Å². The van der Waals surface area contributed by atoms with Crippen LogP contribution in [0.25, 0.3) is 0 Å². The molecule has 0 saturated carbocycles. The average molecular weight is 446 g/mol. The summed E-state index contributed by atoms with van der Waals surface area (Å²) in [5, 5.41) is 5.47. The van der Waals surface area contributed by atoms with E-state index in [0.29, 0.717) is 36.6 Å². The number of amides is 2. The Morgan fingerprint density at radius 2 is 1.74 bits per heavy atom. The first kappa shape index (κ1) is 22.9. The molecule has 1 aliphatic heterocycles. The van der Waals surface area contributed by atoms with Crippen LogP contribution in [-0.4, -0.2) is 50.8 Å². The van der Waals surface area contributed by atoms with Crippen LogP contribution in [0.3, 0.4) is 0 Å². The van der Waals surface area contributed by atoms with E-state index in [1.54, 1.807) is 24.3 Å². The van der Waals surface area contributed by atoms with Crippen molar-refractivity contribution in [2.24, 2.45) is 0 Å². The fourth-order valence-corrected chi connectivity index (χ4v) is 5.14. The van der Waals surface area contributed by atoms with Crippen LogP contribution >= 0.6 is 0 Å². The monoisotopic (exact) mass is 445 g/mol. The van der Waals surface area contributed by atoms with E-state index in [2.05, 4.69) is 10.6 Å². The summed E-state index contributed by atoms with van der Waals surface area (Å²) in [5.74, 6) is -0.719. The Balaban J connectivity index is 1.94. The van der Waals surface area contributed by atoms with Crippen molar-refractivity contribution >= 4 is 33.2 Å². The molecule has 3 rings (SSSR count). The van der Waals surface area contributed by atoms with Crippen LogP contribution in [-0.2, 0) is 26.0 Å². The molecule has 1 heterocycles. The number of carbonyl (C=O) groups is 2. The molecular formula is C22H27N3O5S. The van der Waals surface area contributed by atoms with Gasteiger partial charge in [-0.25, -0.2) is 8.42 Å². The highest BCUT2D eigenvalue weighted by molar-refractivity contribution is 7.89. The van der Waals surface area contributed by atoms with Crippen molar-refractivity contribution in [1.29, 1.82) is 0 Å². The summed E-state index contributed by atoms with van der Waals surface area (Å²) >= 11 is 0. The third kappa shape index (κ3) is 5.30. The van der Waals surface area contributed by atoms with E-state index in [0.717, 1.165) is 5.56 Å². The molecule has 0 atom stereocenters. The van der Waals surface area contributed by atoms with Crippen LogP contribution in [0.15, 0.2) is 41.3 Å². The highest BCUT2D eigenvalue weighted by Crippen LogP contribution is 2.26. The van der Waals surface area contributed by atoms with Gasteiger partial charge in [0.15, 0.2) is 0 Å². The highest BCUT2D eigenvalue weighted by atomic mass is 32.2. The van der Waals surface area contributed by atoms with E-state index in [1.807, 2.05) is 19.9 Å². The maximum absolute atomic E-state index is 13.2. The van der Waals surface area contributed by atoms with Gasteiger partial charge in [0.25, 0.3) is 5.91 Å². The molecule has 1 aliphatic rings. The molecule has 0 aliphatic carbocycles. The molecule has 2 amide bonds. The Kier molecular flexibility index (Phi) is 7.09. The molecule has 1 saturated heterocycles. The fourth-order valence-electron chi connectivity index (χ4n) is 3.41. The Bertz CT molecular complexity index is 1090. The number of hydrogen-bond donors (Lipinski definition) is 2. The zero-order chi connectivity index (χ0) is 22.6. The largest absolute Gasteiger partial charge is 0.379 e. The fraction of sp³-hybridized carbons (Fsp3) is 0.364. The highest BCUT2D eigenvalue weighted by Gasteiger charge is 2.29. The van der Waals surface area contributed by atoms with Gasteiger partial charge >= 0.3 is 0 Å². The maximum atomic E-state index is 13.2. The van der Waals surface area contributed by atoms with Crippen molar-refractivity contribution in [1.82, 2.24) is 4.31 Å². The first-order chi connectivity index (χ1) is 14.7. The van der Waals surface area contributed by atoms with Gasteiger partial charge in [0, 0.05) is 25.6 Å². The van der Waals surface area contributed by atoms with Gasteiger partial charge in [-0.3, -0.25) is 9.59 Å². The number of nitrogens with one attached hydrogen (secondary N) is 2. The Morgan fingerprint density at radius 3 is 2.39 bits per heavy atom. The number of aryl methyl sites for hydroxylation is 2. The molecule has 0 aromatic heterocycles. The first-order valence-electron chi connectivity index (χ1n) is 10.1. The number of benzene rings is 2. The van der Waals surface area contributed by atoms with Gasteiger partial charge in [-0.1, -0.05) is 19.1 Å². The van der Waals surface area contributed by atoms with Crippen LogP contribution in [0.4, 0.5) is 11.4 Å². The molecule has 0 unspecified atom stereocenters. The summed E-state index contributed by atoms with van der Waals surface area (Å²) in [4.78, 5) is 24.6. The summed E-state index contributed by atoms with van der Waals surface area (Å²) in [5.41, 5.74) is 2.69. The minimum Gasteiger partial charge on any atom is -0.379 e. The second-order valence-corrected chi connectivity index (χ2v) is 9.28. The van der Waals surface area contributed by atoms with Crippen molar-refractivity contribution in [3.8, 4) is 0 Å². The van der Waals surface area contributed by atoms with Gasteiger partial charge in [-0.2, -0.15) is 4.31 Å². The quantitative estimate of drug-likeness (QED) is 0.711. The number of anilines is 2. The predicted octanol–water partition coefficient (Wildman–Crippen LogP) is 2.79. The Labute approximate surface area is 182 Å². The minimum absolute atomic E-state index is 0.135. The topological polar surface area (TPSA) is 105 Å². The van der Waals surface area contributed by atoms with E-state index in [9.17, 15) is 18.0 Å².